The fourth-order valence-electron chi connectivity index (χ4n) is 7.80. The summed E-state index contributed by atoms with van der Waals surface area (Å²) < 4.78 is 1.06. The number of carbonyl (C=O) groups is 2. The van der Waals surface area contributed by atoms with E-state index >= 15 is 0 Å². The van der Waals surface area contributed by atoms with Crippen LogP contribution in [0, 0.1) is 11.8 Å². The van der Waals surface area contributed by atoms with Crippen molar-refractivity contribution in [2.24, 2.45) is 16.9 Å². The van der Waals surface area contributed by atoms with Crippen LogP contribution in [-0.2, 0) is 15.0 Å². The Morgan fingerprint density at radius 1 is 0.767 bits per heavy atom. The SMILES string of the molecule is O=C1[C@@H]2C3c4ccccc4C(/C=N\Nc4nc5ccccc5s4)(c4ccccc43)[C@H]2C(=O)N1c1cccc2ccccc12. The topological polar surface area (TPSA) is 74.7 Å². The molecule has 1 fully saturated rings. The van der Waals surface area contributed by atoms with E-state index in [1.807, 2.05) is 97.2 Å². The molecule has 2 heterocycles. The number of hydrogen-bond acceptors (Lipinski definition) is 6. The van der Waals surface area contributed by atoms with Gasteiger partial charge in [0, 0.05) is 17.5 Å². The molecule has 1 N–H and O–H groups in total. The molecule has 10 rings (SSSR count). The van der Waals surface area contributed by atoms with Gasteiger partial charge in [0.2, 0.25) is 16.9 Å². The van der Waals surface area contributed by atoms with Crippen LogP contribution >= 0.6 is 11.3 Å². The molecule has 2 atom stereocenters. The minimum atomic E-state index is -0.942. The van der Waals surface area contributed by atoms with Gasteiger partial charge in [-0.1, -0.05) is 108 Å². The van der Waals surface area contributed by atoms with E-state index in [0.717, 1.165) is 43.2 Å². The van der Waals surface area contributed by atoms with Gasteiger partial charge in [-0.15, -0.1) is 0 Å². The highest BCUT2D eigenvalue weighted by Crippen LogP contribution is 2.63. The third kappa shape index (κ3) is 3.22. The zero-order valence-electron chi connectivity index (χ0n) is 22.8. The number of nitrogens with zero attached hydrogens (tertiary/aromatic N) is 3. The second-order valence-electron chi connectivity index (χ2n) is 11.4. The minimum Gasteiger partial charge on any atom is -0.274 e. The molecule has 2 bridgehead atoms. The molecule has 6 aromatic rings. The number of para-hydroxylation sites is 1. The normalized spacial score (nSPS) is 23.6. The Kier molecular flexibility index (Phi) is 5.08. The Balaban J connectivity index is 1.25. The zero-order valence-corrected chi connectivity index (χ0v) is 23.7. The van der Waals surface area contributed by atoms with Crippen LogP contribution in [0.5, 0.6) is 0 Å². The molecule has 4 aliphatic rings. The number of thiazole rings is 1. The van der Waals surface area contributed by atoms with E-state index in [9.17, 15) is 9.59 Å². The third-order valence-electron chi connectivity index (χ3n) is 9.41. The number of benzene rings is 5. The van der Waals surface area contributed by atoms with E-state index in [1.54, 1.807) is 0 Å². The second kappa shape index (κ2) is 8.93. The molecule has 3 aliphatic carbocycles. The summed E-state index contributed by atoms with van der Waals surface area (Å²) in [5, 5.41) is 7.32. The van der Waals surface area contributed by atoms with Gasteiger partial charge in [-0.3, -0.25) is 15.0 Å². The van der Waals surface area contributed by atoms with Gasteiger partial charge in [0.15, 0.2) is 0 Å². The number of hydrogen-bond donors (Lipinski definition) is 1. The summed E-state index contributed by atoms with van der Waals surface area (Å²) in [6, 6.07) is 38.1. The molecule has 1 aliphatic heterocycles. The van der Waals surface area contributed by atoms with Crippen LogP contribution in [-0.4, -0.2) is 23.0 Å². The van der Waals surface area contributed by atoms with E-state index in [-0.39, 0.29) is 17.7 Å². The molecule has 7 heteroatoms. The van der Waals surface area contributed by atoms with Gasteiger partial charge in [0.05, 0.1) is 33.2 Å². The molecule has 0 saturated carbocycles. The van der Waals surface area contributed by atoms with Crippen molar-refractivity contribution in [1.82, 2.24) is 4.98 Å². The maximum Gasteiger partial charge on any atom is 0.239 e. The minimum absolute atomic E-state index is 0.155. The van der Waals surface area contributed by atoms with Crippen LogP contribution < -0.4 is 10.3 Å². The fraction of sp³-hybridized carbons (Fsp3) is 0.111. The molecule has 206 valence electrons. The average Bonchev–Trinajstić information content (AvgIpc) is 3.59. The van der Waals surface area contributed by atoms with E-state index in [2.05, 4.69) is 34.7 Å². The Hall–Kier alpha value is -5.14. The summed E-state index contributed by atoms with van der Waals surface area (Å²) in [6.45, 7) is 0. The molecular weight excluding hydrogens is 552 g/mol. The quantitative estimate of drug-likeness (QED) is 0.138. The summed E-state index contributed by atoms with van der Waals surface area (Å²) in [4.78, 5) is 35.5. The Bertz CT molecular complexity index is 2080. The number of nitrogens with one attached hydrogen (secondary N) is 1. The first-order valence-electron chi connectivity index (χ1n) is 14.4. The van der Waals surface area contributed by atoms with Crippen molar-refractivity contribution in [2.45, 2.75) is 11.3 Å². The van der Waals surface area contributed by atoms with Gasteiger partial charge >= 0.3 is 0 Å². The number of carbonyl (C=O) groups excluding carboxylic acids is 2. The summed E-state index contributed by atoms with van der Waals surface area (Å²) >= 11 is 1.53. The van der Waals surface area contributed by atoms with Crippen molar-refractivity contribution in [2.75, 3.05) is 10.3 Å². The van der Waals surface area contributed by atoms with E-state index < -0.39 is 17.3 Å². The number of anilines is 2. The van der Waals surface area contributed by atoms with Crippen molar-refractivity contribution in [1.29, 1.82) is 0 Å². The summed E-state index contributed by atoms with van der Waals surface area (Å²) in [7, 11) is 0. The first-order valence-corrected chi connectivity index (χ1v) is 15.2. The average molecular weight is 577 g/mol. The molecule has 5 aromatic carbocycles. The summed E-state index contributed by atoms with van der Waals surface area (Å²) in [6.07, 6.45) is 1.86. The predicted octanol–water partition coefficient (Wildman–Crippen LogP) is 7.10. The van der Waals surface area contributed by atoms with Crippen LogP contribution in [0.3, 0.4) is 0 Å². The lowest BCUT2D eigenvalue weighted by Crippen LogP contribution is -2.54. The van der Waals surface area contributed by atoms with Crippen molar-refractivity contribution >= 4 is 61.2 Å². The van der Waals surface area contributed by atoms with E-state index in [1.165, 1.54) is 16.2 Å². The van der Waals surface area contributed by atoms with Crippen molar-refractivity contribution in [3.8, 4) is 0 Å². The third-order valence-corrected chi connectivity index (χ3v) is 10.4. The standard InChI is InChI=1S/C36H24N4O2S/c41-33-31-30-23-13-3-5-15-25(23)36(26-16-6-4-14-24(26)30,20-37-39-35-38-27-17-7-8-19-29(27)43-35)32(31)34(42)40(33)28-18-9-11-21-10-1-2-12-22(21)28/h1-20,30-32H,(H,38,39)/b37-20-/t30?,31-,32-,36?/m1/s1. The van der Waals surface area contributed by atoms with Crippen LogP contribution in [0.4, 0.5) is 10.8 Å². The molecule has 6 nitrogen and oxygen atoms in total. The Morgan fingerprint density at radius 3 is 2.23 bits per heavy atom. The van der Waals surface area contributed by atoms with Crippen molar-refractivity contribution in [3.63, 3.8) is 0 Å². The second-order valence-corrected chi connectivity index (χ2v) is 12.4. The first-order chi connectivity index (χ1) is 21.2. The maximum atomic E-state index is 14.8. The molecule has 0 radical (unpaired) electrons. The number of rotatable bonds is 4. The number of fused-ring (bicyclic) bond motifs is 2. The van der Waals surface area contributed by atoms with Crippen LogP contribution in [0.2, 0.25) is 0 Å². The fourth-order valence-corrected chi connectivity index (χ4v) is 8.62. The molecular formula is C36H24N4O2S. The molecule has 1 saturated heterocycles. The highest BCUT2D eigenvalue weighted by Gasteiger charge is 2.68. The zero-order chi connectivity index (χ0) is 28.7. The van der Waals surface area contributed by atoms with Gasteiger partial charge in [0.1, 0.15) is 0 Å². The predicted molar refractivity (Wildman–Crippen MR) is 171 cm³/mol. The highest BCUT2D eigenvalue weighted by atomic mass is 32.1. The number of amides is 2. The molecule has 0 unspecified atom stereocenters. The Morgan fingerprint density at radius 2 is 1.44 bits per heavy atom. The van der Waals surface area contributed by atoms with Crippen LogP contribution in [0.15, 0.2) is 120 Å². The lowest BCUT2D eigenvalue weighted by atomic mass is 9.47. The molecule has 43 heavy (non-hydrogen) atoms. The summed E-state index contributed by atoms with van der Waals surface area (Å²) in [5.74, 6) is -1.76. The lowest BCUT2D eigenvalue weighted by molar-refractivity contribution is -0.122. The van der Waals surface area contributed by atoms with Gasteiger partial charge in [-0.05, 0) is 45.8 Å². The van der Waals surface area contributed by atoms with Crippen LogP contribution in [0.25, 0.3) is 21.0 Å². The lowest BCUT2D eigenvalue weighted by Gasteiger charge is -2.52. The van der Waals surface area contributed by atoms with Crippen LogP contribution in [0.1, 0.15) is 28.2 Å². The molecule has 1 aromatic heterocycles. The smallest absolute Gasteiger partial charge is 0.239 e. The van der Waals surface area contributed by atoms with Crippen molar-refractivity contribution < 1.29 is 9.59 Å². The molecule has 2 amide bonds. The largest absolute Gasteiger partial charge is 0.274 e. The van der Waals surface area contributed by atoms with Gasteiger partial charge < -0.3 is 0 Å². The van der Waals surface area contributed by atoms with E-state index in [4.69, 9.17) is 5.10 Å². The maximum absolute atomic E-state index is 14.8. The Labute approximate surface area is 251 Å². The highest BCUT2D eigenvalue weighted by molar-refractivity contribution is 7.22. The molecule has 0 spiro atoms. The summed E-state index contributed by atoms with van der Waals surface area (Å²) in [5.41, 5.74) is 7.96. The van der Waals surface area contributed by atoms with Gasteiger partial charge in [-0.25, -0.2) is 9.88 Å². The monoisotopic (exact) mass is 576 g/mol. The first kappa shape index (κ1) is 24.5. The van der Waals surface area contributed by atoms with E-state index in [0.29, 0.717) is 10.8 Å². The number of hydrazone groups is 1. The number of aromatic nitrogens is 1. The van der Waals surface area contributed by atoms with Gasteiger partial charge in [-0.2, -0.15) is 5.10 Å². The van der Waals surface area contributed by atoms with Crippen molar-refractivity contribution in [3.05, 3.63) is 138 Å². The number of imide groups is 1. The van der Waals surface area contributed by atoms with Gasteiger partial charge in [0.25, 0.3) is 0 Å².